The lowest BCUT2D eigenvalue weighted by molar-refractivity contribution is -0.129. The number of rotatable bonds is 10. The molecular weight excluding hydrogens is 292 g/mol. The van der Waals surface area contributed by atoms with Crippen molar-refractivity contribution in [3.05, 3.63) is 35.9 Å². The van der Waals surface area contributed by atoms with E-state index in [1.165, 1.54) is 0 Å². The lowest BCUT2D eigenvalue weighted by Gasteiger charge is -2.21. The predicted octanol–water partition coefficient (Wildman–Crippen LogP) is 0.177. The Bertz CT molecular complexity index is 479. The third kappa shape index (κ3) is 6.80. The number of benzene rings is 1. The van der Waals surface area contributed by atoms with E-state index in [0.717, 1.165) is 18.4 Å². The van der Waals surface area contributed by atoms with Crippen molar-refractivity contribution in [2.45, 2.75) is 37.8 Å². The second kappa shape index (κ2) is 10.7. The molecule has 0 aliphatic rings. The van der Waals surface area contributed by atoms with Gasteiger partial charge in [-0.15, -0.1) is 0 Å². The third-order valence-electron chi connectivity index (χ3n) is 3.77. The number of likely N-dealkylation sites (N-methyl/N-ethyl adjacent to an activating group) is 2. The van der Waals surface area contributed by atoms with Gasteiger partial charge in [0, 0.05) is 7.05 Å². The number of nitrogens with one attached hydrogen (secondary N) is 3. The summed E-state index contributed by atoms with van der Waals surface area (Å²) in [4.78, 5) is 24.4. The molecule has 0 aliphatic heterocycles. The van der Waals surface area contributed by atoms with Crippen LogP contribution in [0.15, 0.2) is 30.3 Å². The minimum absolute atomic E-state index is 0.169. The van der Waals surface area contributed by atoms with Crippen LogP contribution in [0.5, 0.6) is 0 Å². The highest BCUT2D eigenvalue weighted by atomic mass is 16.2. The molecule has 23 heavy (non-hydrogen) atoms. The van der Waals surface area contributed by atoms with Crippen molar-refractivity contribution in [2.75, 3.05) is 20.6 Å². The van der Waals surface area contributed by atoms with Crippen molar-refractivity contribution in [3.63, 3.8) is 0 Å². The van der Waals surface area contributed by atoms with Crippen LogP contribution in [0.4, 0.5) is 0 Å². The molecule has 0 heterocycles. The summed E-state index contributed by atoms with van der Waals surface area (Å²) in [6.07, 6.45) is 2.80. The van der Waals surface area contributed by atoms with Gasteiger partial charge in [-0.1, -0.05) is 30.3 Å². The van der Waals surface area contributed by atoms with Crippen LogP contribution in [0.25, 0.3) is 0 Å². The second-order valence-electron chi connectivity index (χ2n) is 5.49. The Hall–Kier alpha value is -1.92. The molecule has 6 nitrogen and oxygen atoms in total. The molecule has 0 unspecified atom stereocenters. The summed E-state index contributed by atoms with van der Waals surface area (Å²) in [6.45, 7) is 0.585. The summed E-state index contributed by atoms with van der Waals surface area (Å²) < 4.78 is 0. The molecule has 128 valence electrons. The van der Waals surface area contributed by atoms with Gasteiger partial charge in [0.1, 0.15) is 6.04 Å². The van der Waals surface area contributed by atoms with Crippen molar-refractivity contribution in [2.24, 2.45) is 5.73 Å². The molecule has 0 bridgehead atoms. The van der Waals surface area contributed by atoms with Gasteiger partial charge >= 0.3 is 0 Å². The minimum atomic E-state index is -0.523. The first kappa shape index (κ1) is 19.1. The average Bonchev–Trinajstić information content (AvgIpc) is 2.59. The molecule has 2 atom stereocenters. The molecule has 2 amide bonds. The predicted molar refractivity (Wildman–Crippen MR) is 91.9 cm³/mol. The zero-order valence-electron chi connectivity index (χ0n) is 14.0. The summed E-state index contributed by atoms with van der Waals surface area (Å²) in [5.74, 6) is -0.345. The molecule has 6 heteroatoms. The summed E-state index contributed by atoms with van der Waals surface area (Å²) in [6, 6.07) is 8.89. The molecule has 0 aliphatic carbocycles. The quantitative estimate of drug-likeness (QED) is 0.462. The van der Waals surface area contributed by atoms with E-state index in [4.69, 9.17) is 5.73 Å². The maximum absolute atomic E-state index is 12.5. The van der Waals surface area contributed by atoms with E-state index in [1.807, 2.05) is 30.3 Å². The van der Waals surface area contributed by atoms with Crippen molar-refractivity contribution < 1.29 is 9.59 Å². The minimum Gasteiger partial charge on any atom is -0.357 e. The van der Waals surface area contributed by atoms with E-state index in [9.17, 15) is 9.59 Å². The van der Waals surface area contributed by atoms with E-state index >= 15 is 0 Å². The Balaban J connectivity index is 2.64. The molecule has 0 fully saturated rings. The van der Waals surface area contributed by atoms with Crippen LogP contribution in [-0.4, -0.2) is 44.5 Å². The molecule has 0 saturated heterocycles. The first-order valence-electron chi connectivity index (χ1n) is 8.05. The number of hydrogen-bond donors (Lipinski definition) is 4. The van der Waals surface area contributed by atoms with Crippen LogP contribution in [-0.2, 0) is 16.0 Å². The Morgan fingerprint density at radius 1 is 1.04 bits per heavy atom. The Morgan fingerprint density at radius 2 is 1.74 bits per heavy atom. The number of carbonyl (C=O) groups excluding carboxylic acids is 2. The van der Waals surface area contributed by atoms with E-state index in [2.05, 4.69) is 16.0 Å². The van der Waals surface area contributed by atoms with Crippen molar-refractivity contribution >= 4 is 11.8 Å². The van der Waals surface area contributed by atoms with Crippen LogP contribution in [0, 0.1) is 0 Å². The van der Waals surface area contributed by atoms with Crippen LogP contribution in [0.3, 0.4) is 0 Å². The van der Waals surface area contributed by atoms with Gasteiger partial charge in [0.05, 0.1) is 6.04 Å². The van der Waals surface area contributed by atoms with Gasteiger partial charge in [0.25, 0.3) is 0 Å². The van der Waals surface area contributed by atoms with Gasteiger partial charge in [0.15, 0.2) is 0 Å². The Morgan fingerprint density at radius 3 is 2.30 bits per heavy atom. The van der Waals surface area contributed by atoms with E-state index in [-0.39, 0.29) is 17.9 Å². The molecule has 1 rings (SSSR count). The largest absolute Gasteiger partial charge is 0.357 e. The van der Waals surface area contributed by atoms with Crippen LogP contribution in [0.1, 0.15) is 24.8 Å². The molecule has 1 aromatic rings. The van der Waals surface area contributed by atoms with Crippen molar-refractivity contribution in [1.29, 1.82) is 0 Å². The maximum Gasteiger partial charge on any atom is 0.242 e. The maximum atomic E-state index is 12.5. The fraction of sp³-hybridized carbons (Fsp3) is 0.529. The standard InChI is InChI=1S/C17H28N4O2/c1-19-15(12-13-8-4-3-5-9-13)17(23)21-14(16(22)20-2)10-6-7-11-18/h3-5,8-9,14-15,19H,6-7,10-12,18H2,1-2H3,(H,20,22)(H,21,23)/t14-,15-/m0/s1. The molecule has 0 spiro atoms. The fourth-order valence-electron chi connectivity index (χ4n) is 2.38. The number of carbonyl (C=O) groups is 2. The third-order valence-corrected chi connectivity index (χ3v) is 3.77. The second-order valence-corrected chi connectivity index (χ2v) is 5.49. The van der Waals surface area contributed by atoms with E-state index in [0.29, 0.717) is 19.4 Å². The van der Waals surface area contributed by atoms with Crippen LogP contribution >= 0.6 is 0 Å². The Labute approximate surface area is 138 Å². The van der Waals surface area contributed by atoms with E-state index in [1.54, 1.807) is 14.1 Å². The smallest absolute Gasteiger partial charge is 0.242 e. The van der Waals surface area contributed by atoms with E-state index < -0.39 is 6.04 Å². The Kier molecular flexibility index (Phi) is 8.94. The SMILES string of the molecule is CNC(=O)[C@H](CCCCN)NC(=O)[C@H](Cc1ccccc1)NC. The molecule has 1 aromatic carbocycles. The highest BCUT2D eigenvalue weighted by Crippen LogP contribution is 2.05. The lowest BCUT2D eigenvalue weighted by atomic mass is 10.0. The normalized spacial score (nSPS) is 13.2. The van der Waals surface area contributed by atoms with Crippen LogP contribution in [0.2, 0.25) is 0 Å². The molecule has 5 N–H and O–H groups in total. The first-order valence-corrected chi connectivity index (χ1v) is 8.05. The van der Waals surface area contributed by atoms with Gasteiger partial charge in [-0.05, 0) is 44.8 Å². The number of unbranched alkanes of at least 4 members (excludes halogenated alkanes) is 1. The van der Waals surface area contributed by atoms with Crippen molar-refractivity contribution in [3.8, 4) is 0 Å². The summed E-state index contributed by atoms with van der Waals surface area (Å²) in [5, 5.41) is 8.46. The van der Waals surface area contributed by atoms with Gasteiger partial charge in [-0.3, -0.25) is 9.59 Å². The van der Waals surface area contributed by atoms with Crippen LogP contribution < -0.4 is 21.7 Å². The number of hydrogen-bond acceptors (Lipinski definition) is 4. The molecule has 0 aromatic heterocycles. The lowest BCUT2D eigenvalue weighted by Crippen LogP contribution is -2.52. The topological polar surface area (TPSA) is 96.2 Å². The summed E-state index contributed by atoms with van der Waals surface area (Å²) in [7, 11) is 3.32. The van der Waals surface area contributed by atoms with Gasteiger partial charge in [0.2, 0.25) is 11.8 Å². The zero-order chi connectivity index (χ0) is 17.1. The number of nitrogens with two attached hydrogens (primary N) is 1. The summed E-state index contributed by atoms with van der Waals surface area (Å²) in [5.41, 5.74) is 6.55. The highest BCUT2D eigenvalue weighted by molar-refractivity contribution is 5.89. The fourth-order valence-corrected chi connectivity index (χ4v) is 2.38. The van der Waals surface area contributed by atoms with Gasteiger partial charge in [-0.25, -0.2) is 0 Å². The molecule has 0 radical (unpaired) electrons. The van der Waals surface area contributed by atoms with Gasteiger partial charge < -0.3 is 21.7 Å². The first-order chi connectivity index (χ1) is 11.1. The summed E-state index contributed by atoms with van der Waals surface area (Å²) >= 11 is 0. The highest BCUT2D eigenvalue weighted by Gasteiger charge is 2.24. The molecular formula is C17H28N4O2. The average molecular weight is 320 g/mol. The monoisotopic (exact) mass is 320 g/mol. The molecule has 0 saturated carbocycles. The van der Waals surface area contributed by atoms with Gasteiger partial charge in [-0.2, -0.15) is 0 Å². The zero-order valence-corrected chi connectivity index (χ0v) is 14.0. The van der Waals surface area contributed by atoms with Crippen molar-refractivity contribution in [1.82, 2.24) is 16.0 Å². The number of amides is 2.